The molecule has 0 aliphatic heterocycles. The Morgan fingerprint density at radius 3 is 2.30 bits per heavy atom. The SMILES string of the molecule is COc1ccc(/C=[N+](\[O-])c2ccc(-c3nc(-c4ccccc4)no3)cc2)cc1OC. The smallest absolute Gasteiger partial charge is 0.258 e. The minimum atomic E-state index is 0.390. The van der Waals surface area contributed by atoms with E-state index in [1.165, 1.54) is 6.21 Å². The molecule has 0 atom stereocenters. The lowest BCUT2D eigenvalue weighted by Gasteiger charge is -2.08. The second-order valence-electron chi connectivity index (χ2n) is 6.41. The Kier molecular flexibility index (Phi) is 5.43. The highest BCUT2D eigenvalue weighted by molar-refractivity contribution is 5.78. The van der Waals surface area contributed by atoms with Crippen molar-refractivity contribution in [3.8, 4) is 34.3 Å². The van der Waals surface area contributed by atoms with Crippen LogP contribution in [0.4, 0.5) is 5.69 Å². The van der Waals surface area contributed by atoms with Crippen LogP contribution in [0.3, 0.4) is 0 Å². The van der Waals surface area contributed by atoms with Crippen LogP contribution in [0, 0.1) is 5.21 Å². The number of aromatic nitrogens is 2. The third kappa shape index (κ3) is 4.00. The van der Waals surface area contributed by atoms with E-state index in [0.717, 1.165) is 15.9 Å². The molecular formula is C23H19N3O4. The van der Waals surface area contributed by atoms with Crippen LogP contribution in [-0.2, 0) is 0 Å². The van der Waals surface area contributed by atoms with E-state index in [9.17, 15) is 5.21 Å². The predicted octanol–water partition coefficient (Wildman–Crippen LogP) is 4.68. The Bertz CT molecular complexity index is 1170. The van der Waals surface area contributed by atoms with Gasteiger partial charge in [0.2, 0.25) is 11.5 Å². The molecule has 0 amide bonds. The maximum Gasteiger partial charge on any atom is 0.258 e. The molecule has 7 nitrogen and oxygen atoms in total. The zero-order chi connectivity index (χ0) is 20.9. The van der Waals surface area contributed by atoms with Gasteiger partial charge in [-0.15, -0.1) is 0 Å². The summed E-state index contributed by atoms with van der Waals surface area (Å²) >= 11 is 0. The molecule has 7 heteroatoms. The highest BCUT2D eigenvalue weighted by Crippen LogP contribution is 2.27. The number of methoxy groups -OCH3 is 2. The Balaban J connectivity index is 1.55. The van der Waals surface area contributed by atoms with Crippen molar-refractivity contribution >= 4 is 11.9 Å². The maximum absolute atomic E-state index is 12.5. The number of nitrogens with zero attached hydrogens (tertiary/aromatic N) is 3. The van der Waals surface area contributed by atoms with Crippen molar-refractivity contribution < 1.29 is 18.7 Å². The van der Waals surface area contributed by atoms with Crippen molar-refractivity contribution in [1.29, 1.82) is 0 Å². The molecule has 30 heavy (non-hydrogen) atoms. The van der Waals surface area contributed by atoms with Crippen LogP contribution >= 0.6 is 0 Å². The van der Waals surface area contributed by atoms with Crippen LogP contribution in [0.1, 0.15) is 5.56 Å². The van der Waals surface area contributed by atoms with Gasteiger partial charge in [-0.1, -0.05) is 35.5 Å². The summed E-state index contributed by atoms with van der Waals surface area (Å²) in [6.07, 6.45) is 1.47. The van der Waals surface area contributed by atoms with Gasteiger partial charge in [-0.2, -0.15) is 9.72 Å². The molecule has 0 spiro atoms. The molecule has 3 aromatic carbocycles. The molecule has 0 fully saturated rings. The van der Waals surface area contributed by atoms with E-state index in [-0.39, 0.29) is 0 Å². The van der Waals surface area contributed by atoms with Crippen molar-refractivity contribution in [2.24, 2.45) is 0 Å². The van der Waals surface area contributed by atoms with Gasteiger partial charge in [-0.05, 0) is 30.3 Å². The number of hydrogen-bond donors (Lipinski definition) is 0. The lowest BCUT2D eigenvalue weighted by molar-refractivity contribution is -0.354. The van der Waals surface area contributed by atoms with E-state index < -0.39 is 0 Å². The van der Waals surface area contributed by atoms with Crippen molar-refractivity contribution in [3.63, 3.8) is 0 Å². The van der Waals surface area contributed by atoms with Gasteiger partial charge in [0, 0.05) is 28.8 Å². The average Bonchev–Trinajstić information content (AvgIpc) is 3.30. The lowest BCUT2D eigenvalue weighted by Crippen LogP contribution is -2.00. The van der Waals surface area contributed by atoms with Gasteiger partial charge in [-0.3, -0.25) is 0 Å². The molecule has 0 radical (unpaired) electrons. The highest BCUT2D eigenvalue weighted by Gasteiger charge is 2.12. The molecule has 1 aromatic heterocycles. The average molecular weight is 401 g/mol. The molecule has 0 aliphatic carbocycles. The molecule has 0 bridgehead atoms. The standard InChI is InChI=1S/C23H19N3O4/c1-28-20-13-8-16(14-21(20)29-2)15-26(27)19-11-9-18(10-12-19)23-24-22(25-30-23)17-6-4-3-5-7-17/h3-15H,1-2H3/b26-15-. The zero-order valence-corrected chi connectivity index (χ0v) is 16.5. The van der Waals surface area contributed by atoms with Gasteiger partial charge in [0.1, 0.15) is 0 Å². The summed E-state index contributed by atoms with van der Waals surface area (Å²) in [5.74, 6) is 2.06. The predicted molar refractivity (Wildman–Crippen MR) is 113 cm³/mol. The first-order chi connectivity index (χ1) is 14.7. The number of ether oxygens (including phenoxy) is 2. The first-order valence-electron chi connectivity index (χ1n) is 9.21. The molecule has 4 rings (SSSR count). The zero-order valence-electron chi connectivity index (χ0n) is 16.5. The van der Waals surface area contributed by atoms with Crippen molar-refractivity contribution in [2.75, 3.05) is 14.2 Å². The van der Waals surface area contributed by atoms with Gasteiger partial charge >= 0.3 is 0 Å². The van der Waals surface area contributed by atoms with E-state index in [1.54, 1.807) is 56.7 Å². The van der Waals surface area contributed by atoms with Crippen LogP contribution < -0.4 is 9.47 Å². The molecule has 0 aliphatic rings. The van der Waals surface area contributed by atoms with Crippen molar-refractivity contribution in [1.82, 2.24) is 10.1 Å². The van der Waals surface area contributed by atoms with Gasteiger partial charge < -0.3 is 19.2 Å². The van der Waals surface area contributed by atoms with Crippen LogP contribution in [-0.4, -0.2) is 35.3 Å². The summed E-state index contributed by atoms with van der Waals surface area (Å²) < 4.78 is 16.6. The molecule has 0 N–H and O–H groups in total. The maximum atomic E-state index is 12.5. The second-order valence-corrected chi connectivity index (χ2v) is 6.41. The Morgan fingerprint density at radius 1 is 0.867 bits per heavy atom. The number of rotatable bonds is 6. The van der Waals surface area contributed by atoms with E-state index in [1.807, 2.05) is 30.3 Å². The van der Waals surface area contributed by atoms with Crippen molar-refractivity contribution in [2.45, 2.75) is 0 Å². The Labute approximate surface area is 173 Å². The van der Waals surface area contributed by atoms with Gasteiger partial charge in [0.05, 0.1) is 14.2 Å². The summed E-state index contributed by atoms with van der Waals surface area (Å²) in [6.45, 7) is 0. The Morgan fingerprint density at radius 2 is 1.60 bits per heavy atom. The van der Waals surface area contributed by atoms with E-state index in [4.69, 9.17) is 14.0 Å². The summed E-state index contributed by atoms with van der Waals surface area (Å²) in [5, 5.41) is 16.6. The minimum absolute atomic E-state index is 0.390. The fraction of sp³-hybridized carbons (Fsp3) is 0.0870. The molecule has 0 saturated carbocycles. The van der Waals surface area contributed by atoms with E-state index in [0.29, 0.717) is 34.5 Å². The summed E-state index contributed by atoms with van der Waals surface area (Å²) in [5.41, 5.74) is 2.76. The van der Waals surface area contributed by atoms with Gasteiger partial charge in [-0.25, -0.2) is 0 Å². The molecule has 1 heterocycles. The molecule has 4 aromatic rings. The normalized spacial score (nSPS) is 11.3. The van der Waals surface area contributed by atoms with Gasteiger partial charge in [0.25, 0.3) is 5.89 Å². The summed E-state index contributed by atoms with van der Waals surface area (Å²) in [7, 11) is 3.12. The third-order valence-electron chi connectivity index (χ3n) is 4.50. The van der Waals surface area contributed by atoms with Crippen LogP contribution in [0.2, 0.25) is 0 Å². The van der Waals surface area contributed by atoms with E-state index >= 15 is 0 Å². The Hall–Kier alpha value is -4.13. The summed E-state index contributed by atoms with van der Waals surface area (Å²) in [6, 6.07) is 21.8. The van der Waals surface area contributed by atoms with Gasteiger partial charge in [0.15, 0.2) is 17.7 Å². The minimum Gasteiger partial charge on any atom is -0.618 e. The lowest BCUT2D eigenvalue weighted by atomic mass is 10.2. The fourth-order valence-electron chi connectivity index (χ4n) is 2.94. The van der Waals surface area contributed by atoms with Crippen LogP contribution in [0.5, 0.6) is 11.5 Å². The summed E-state index contributed by atoms with van der Waals surface area (Å²) in [4.78, 5) is 4.43. The number of benzene rings is 3. The third-order valence-corrected chi connectivity index (χ3v) is 4.50. The highest BCUT2D eigenvalue weighted by atomic mass is 16.5. The molecular weight excluding hydrogens is 382 g/mol. The van der Waals surface area contributed by atoms with E-state index in [2.05, 4.69) is 10.1 Å². The first-order valence-corrected chi connectivity index (χ1v) is 9.21. The molecule has 0 saturated heterocycles. The topological polar surface area (TPSA) is 83.5 Å². The van der Waals surface area contributed by atoms with Crippen LogP contribution in [0.15, 0.2) is 77.3 Å². The first kappa shape index (κ1) is 19.2. The number of hydrogen-bond acceptors (Lipinski definition) is 6. The fourth-order valence-corrected chi connectivity index (χ4v) is 2.94. The molecule has 0 unspecified atom stereocenters. The molecule has 150 valence electrons. The second kappa shape index (κ2) is 8.48. The largest absolute Gasteiger partial charge is 0.618 e. The monoisotopic (exact) mass is 401 g/mol. The van der Waals surface area contributed by atoms with Crippen LogP contribution in [0.25, 0.3) is 22.8 Å². The quantitative estimate of drug-likeness (QED) is 0.202. The van der Waals surface area contributed by atoms with Crippen molar-refractivity contribution in [3.05, 3.63) is 83.6 Å².